The predicted molar refractivity (Wildman–Crippen MR) is 61.9 cm³/mol. The summed E-state index contributed by atoms with van der Waals surface area (Å²) in [5.41, 5.74) is 0. The van der Waals surface area contributed by atoms with Crippen molar-refractivity contribution in [2.75, 3.05) is 26.2 Å². The third kappa shape index (κ3) is 2.23. The highest BCUT2D eigenvalue weighted by Crippen LogP contribution is 2.23. The van der Waals surface area contributed by atoms with Crippen LogP contribution < -0.4 is 5.32 Å². The van der Waals surface area contributed by atoms with E-state index in [1.165, 1.54) is 0 Å². The Morgan fingerprint density at radius 2 is 2.19 bits per heavy atom. The van der Waals surface area contributed by atoms with Gasteiger partial charge in [-0.3, -0.25) is 4.79 Å². The maximum atomic E-state index is 12.2. The molecule has 2 rings (SSSR count). The summed E-state index contributed by atoms with van der Waals surface area (Å²) >= 11 is 0. The Kier molecular flexibility index (Phi) is 3.50. The van der Waals surface area contributed by atoms with Gasteiger partial charge in [0, 0.05) is 19.0 Å². The lowest BCUT2D eigenvalue weighted by Gasteiger charge is -2.39. The molecule has 2 aliphatic rings. The van der Waals surface area contributed by atoms with Gasteiger partial charge in [0.1, 0.15) is 0 Å². The number of likely N-dealkylation sites (tertiary alicyclic amines) is 1. The molecule has 0 aliphatic carbocycles. The average Bonchev–Trinajstić information content (AvgIpc) is 2.18. The zero-order valence-corrected chi connectivity index (χ0v) is 10.1. The van der Waals surface area contributed by atoms with Crippen molar-refractivity contribution < 1.29 is 9.90 Å². The summed E-state index contributed by atoms with van der Waals surface area (Å²) in [4.78, 5) is 14.0. The highest BCUT2D eigenvalue weighted by molar-refractivity contribution is 5.79. The smallest absolute Gasteiger partial charge is 0.225 e. The molecule has 0 aromatic rings. The first-order valence-corrected chi connectivity index (χ1v) is 6.27. The SMILES string of the molecule is CC1CCN(C(=O)C(C)C2CNC2)CC1O. The normalized spacial score (nSPS) is 33.3. The molecule has 3 unspecified atom stereocenters. The van der Waals surface area contributed by atoms with E-state index in [9.17, 15) is 9.90 Å². The Hall–Kier alpha value is -0.610. The van der Waals surface area contributed by atoms with Crippen molar-refractivity contribution >= 4 is 5.91 Å². The second-order valence-corrected chi connectivity index (χ2v) is 5.32. The van der Waals surface area contributed by atoms with Gasteiger partial charge < -0.3 is 15.3 Å². The lowest BCUT2D eigenvalue weighted by Crippen LogP contribution is -2.53. The van der Waals surface area contributed by atoms with E-state index in [0.29, 0.717) is 18.4 Å². The first-order chi connectivity index (χ1) is 7.59. The van der Waals surface area contributed by atoms with Crippen LogP contribution in [0.1, 0.15) is 20.3 Å². The van der Waals surface area contributed by atoms with Gasteiger partial charge in [0.25, 0.3) is 0 Å². The van der Waals surface area contributed by atoms with Gasteiger partial charge in [-0.2, -0.15) is 0 Å². The number of nitrogens with zero attached hydrogens (tertiary/aromatic N) is 1. The molecule has 0 saturated carbocycles. The van der Waals surface area contributed by atoms with E-state index in [0.717, 1.165) is 26.1 Å². The monoisotopic (exact) mass is 226 g/mol. The summed E-state index contributed by atoms with van der Waals surface area (Å²) < 4.78 is 0. The number of rotatable bonds is 2. The molecule has 2 aliphatic heterocycles. The standard InChI is InChI=1S/C12H22N2O2/c1-8-3-4-14(7-11(8)15)12(16)9(2)10-5-13-6-10/h8-11,13,15H,3-7H2,1-2H3. The molecule has 2 saturated heterocycles. The van der Waals surface area contributed by atoms with Crippen LogP contribution in [0.5, 0.6) is 0 Å². The second kappa shape index (κ2) is 4.72. The number of carbonyl (C=O) groups is 1. The molecule has 0 bridgehead atoms. The first-order valence-electron chi connectivity index (χ1n) is 6.27. The molecular weight excluding hydrogens is 204 g/mol. The fourth-order valence-electron chi connectivity index (χ4n) is 2.40. The van der Waals surface area contributed by atoms with Crippen molar-refractivity contribution in [3.63, 3.8) is 0 Å². The first kappa shape index (κ1) is 11.9. The molecule has 2 fully saturated rings. The summed E-state index contributed by atoms with van der Waals surface area (Å²) in [5, 5.41) is 13.0. The van der Waals surface area contributed by atoms with Gasteiger partial charge in [0.15, 0.2) is 0 Å². The van der Waals surface area contributed by atoms with Crippen molar-refractivity contribution in [1.82, 2.24) is 10.2 Å². The average molecular weight is 226 g/mol. The molecule has 4 nitrogen and oxygen atoms in total. The van der Waals surface area contributed by atoms with Crippen LogP contribution in [-0.2, 0) is 4.79 Å². The van der Waals surface area contributed by atoms with Crippen LogP contribution in [0.25, 0.3) is 0 Å². The molecule has 0 spiro atoms. The third-order valence-corrected chi connectivity index (χ3v) is 4.14. The highest BCUT2D eigenvalue weighted by Gasteiger charge is 2.34. The lowest BCUT2D eigenvalue weighted by atomic mass is 9.86. The zero-order valence-electron chi connectivity index (χ0n) is 10.1. The minimum atomic E-state index is -0.343. The maximum absolute atomic E-state index is 12.2. The fraction of sp³-hybridized carbons (Fsp3) is 0.917. The van der Waals surface area contributed by atoms with Gasteiger partial charge in [-0.1, -0.05) is 13.8 Å². The Bertz CT molecular complexity index is 266. The van der Waals surface area contributed by atoms with E-state index < -0.39 is 0 Å². The number of aliphatic hydroxyl groups is 1. The van der Waals surface area contributed by atoms with Crippen LogP contribution in [0.15, 0.2) is 0 Å². The van der Waals surface area contributed by atoms with E-state index in [2.05, 4.69) is 5.32 Å². The molecule has 1 amide bonds. The molecular formula is C12H22N2O2. The summed E-state index contributed by atoms with van der Waals surface area (Å²) in [6, 6.07) is 0. The van der Waals surface area contributed by atoms with Crippen LogP contribution in [0, 0.1) is 17.8 Å². The summed E-state index contributed by atoms with van der Waals surface area (Å²) in [5.74, 6) is 1.13. The van der Waals surface area contributed by atoms with E-state index in [1.54, 1.807) is 0 Å². The van der Waals surface area contributed by atoms with Gasteiger partial charge in [-0.25, -0.2) is 0 Å². The van der Waals surface area contributed by atoms with Gasteiger partial charge >= 0.3 is 0 Å². The van der Waals surface area contributed by atoms with E-state index in [1.807, 2.05) is 18.7 Å². The van der Waals surface area contributed by atoms with E-state index in [-0.39, 0.29) is 17.9 Å². The largest absolute Gasteiger partial charge is 0.391 e. The molecule has 0 aromatic heterocycles. The Balaban J connectivity index is 1.89. The molecule has 2 heterocycles. The van der Waals surface area contributed by atoms with Crippen molar-refractivity contribution in [3.05, 3.63) is 0 Å². The Morgan fingerprint density at radius 3 is 2.69 bits per heavy atom. The van der Waals surface area contributed by atoms with Crippen molar-refractivity contribution in [1.29, 1.82) is 0 Å². The molecule has 0 aromatic carbocycles. The maximum Gasteiger partial charge on any atom is 0.225 e. The van der Waals surface area contributed by atoms with Gasteiger partial charge in [-0.15, -0.1) is 0 Å². The van der Waals surface area contributed by atoms with Gasteiger partial charge in [0.05, 0.1) is 6.10 Å². The number of carbonyl (C=O) groups excluding carboxylic acids is 1. The van der Waals surface area contributed by atoms with E-state index in [4.69, 9.17) is 0 Å². The van der Waals surface area contributed by atoms with Crippen LogP contribution >= 0.6 is 0 Å². The molecule has 92 valence electrons. The number of hydrogen-bond donors (Lipinski definition) is 2. The molecule has 0 radical (unpaired) electrons. The molecule has 16 heavy (non-hydrogen) atoms. The van der Waals surface area contributed by atoms with Crippen LogP contribution in [0.3, 0.4) is 0 Å². The number of hydrogen-bond acceptors (Lipinski definition) is 3. The van der Waals surface area contributed by atoms with Crippen molar-refractivity contribution in [2.45, 2.75) is 26.4 Å². The second-order valence-electron chi connectivity index (χ2n) is 5.32. The quantitative estimate of drug-likeness (QED) is 0.700. The minimum absolute atomic E-state index is 0.0989. The topological polar surface area (TPSA) is 52.6 Å². The number of amides is 1. The van der Waals surface area contributed by atoms with Gasteiger partial charge in [0.2, 0.25) is 5.91 Å². The molecule has 2 N–H and O–H groups in total. The van der Waals surface area contributed by atoms with Crippen molar-refractivity contribution in [3.8, 4) is 0 Å². The number of β-amino-alcohol motifs (C(OH)–C–C–N with tert-alkyl or cyclic N) is 1. The minimum Gasteiger partial charge on any atom is -0.391 e. The highest BCUT2D eigenvalue weighted by atomic mass is 16.3. The van der Waals surface area contributed by atoms with Crippen molar-refractivity contribution in [2.24, 2.45) is 17.8 Å². The van der Waals surface area contributed by atoms with E-state index >= 15 is 0 Å². The third-order valence-electron chi connectivity index (χ3n) is 4.14. The van der Waals surface area contributed by atoms with Crippen LogP contribution in [0.4, 0.5) is 0 Å². The molecule has 4 heteroatoms. The zero-order chi connectivity index (χ0) is 11.7. The fourth-order valence-corrected chi connectivity index (χ4v) is 2.40. The lowest BCUT2D eigenvalue weighted by molar-refractivity contribution is -0.141. The summed E-state index contributed by atoms with van der Waals surface area (Å²) in [7, 11) is 0. The number of piperidine rings is 1. The summed E-state index contributed by atoms with van der Waals surface area (Å²) in [6.07, 6.45) is 0.576. The Labute approximate surface area is 97.0 Å². The molecule has 3 atom stereocenters. The number of nitrogens with one attached hydrogen (secondary N) is 1. The van der Waals surface area contributed by atoms with Crippen LogP contribution in [0.2, 0.25) is 0 Å². The van der Waals surface area contributed by atoms with Gasteiger partial charge in [-0.05, 0) is 31.3 Å². The summed E-state index contributed by atoms with van der Waals surface area (Å²) in [6.45, 7) is 7.30. The Morgan fingerprint density at radius 1 is 1.50 bits per heavy atom. The van der Waals surface area contributed by atoms with Crippen LogP contribution in [-0.4, -0.2) is 48.2 Å². The number of aliphatic hydroxyl groups excluding tert-OH is 1. The predicted octanol–water partition coefficient (Wildman–Crippen LogP) is 0.0712.